The molecule has 0 aliphatic rings. The molecule has 138 valence electrons. The van der Waals surface area contributed by atoms with Gasteiger partial charge in [0.2, 0.25) is 11.8 Å². The largest absolute Gasteiger partial charge is 0.495 e. The molecule has 0 atom stereocenters. The van der Waals surface area contributed by atoms with Gasteiger partial charge in [-0.1, -0.05) is 11.6 Å². The number of anilines is 1. The summed E-state index contributed by atoms with van der Waals surface area (Å²) in [5.74, 6) is 0.227. The minimum atomic E-state index is -0.364. The monoisotopic (exact) mass is 377 g/mol. The zero-order valence-electron chi connectivity index (χ0n) is 14.8. The van der Waals surface area contributed by atoms with Crippen LogP contribution in [0.3, 0.4) is 0 Å². The molecule has 2 aromatic rings. The second-order valence-corrected chi connectivity index (χ2v) is 5.87. The molecule has 0 aliphatic heterocycles. The van der Waals surface area contributed by atoms with E-state index >= 15 is 0 Å². The molecule has 1 N–H and O–H groups in total. The van der Waals surface area contributed by atoms with Crippen molar-refractivity contribution < 1.29 is 19.1 Å². The molecule has 0 spiro atoms. The normalized spacial score (nSPS) is 10.2. The van der Waals surface area contributed by atoms with Crippen LogP contribution in [0.5, 0.6) is 11.5 Å². The van der Waals surface area contributed by atoms with E-state index in [1.54, 1.807) is 36.7 Å². The third-order valence-corrected chi connectivity index (χ3v) is 3.95. The zero-order chi connectivity index (χ0) is 19.1. The summed E-state index contributed by atoms with van der Waals surface area (Å²) in [5.41, 5.74) is 1.29. The number of aromatic nitrogens is 1. The van der Waals surface area contributed by atoms with Crippen molar-refractivity contribution in [1.82, 2.24) is 9.88 Å². The average molecular weight is 378 g/mol. The molecule has 7 nitrogen and oxygen atoms in total. The lowest BCUT2D eigenvalue weighted by molar-refractivity contribution is -0.133. The van der Waals surface area contributed by atoms with Gasteiger partial charge in [0.1, 0.15) is 18.0 Å². The molecule has 0 fully saturated rings. The zero-order valence-corrected chi connectivity index (χ0v) is 15.5. The fourth-order valence-corrected chi connectivity index (χ4v) is 2.54. The van der Waals surface area contributed by atoms with Crippen LogP contribution in [0.15, 0.2) is 36.7 Å². The van der Waals surface area contributed by atoms with E-state index in [0.717, 1.165) is 5.56 Å². The van der Waals surface area contributed by atoms with Crippen LogP contribution >= 0.6 is 11.6 Å². The van der Waals surface area contributed by atoms with Gasteiger partial charge in [-0.15, -0.1) is 0 Å². The quantitative estimate of drug-likeness (QED) is 0.802. The molecule has 0 saturated carbocycles. The molecule has 0 unspecified atom stereocenters. The number of benzene rings is 1. The first-order valence-corrected chi connectivity index (χ1v) is 8.18. The van der Waals surface area contributed by atoms with Crippen LogP contribution in [0.25, 0.3) is 0 Å². The first-order chi connectivity index (χ1) is 12.4. The Labute approximate surface area is 156 Å². The van der Waals surface area contributed by atoms with Gasteiger partial charge in [-0.2, -0.15) is 0 Å². The highest BCUT2D eigenvalue weighted by atomic mass is 35.5. The Morgan fingerprint density at radius 1 is 1.15 bits per heavy atom. The number of ether oxygens (including phenoxy) is 2. The van der Waals surface area contributed by atoms with Crippen molar-refractivity contribution in [3.8, 4) is 11.5 Å². The molecule has 2 amide bonds. The van der Waals surface area contributed by atoms with Crippen LogP contribution in [0, 0.1) is 0 Å². The van der Waals surface area contributed by atoms with Crippen molar-refractivity contribution in [3.05, 3.63) is 47.2 Å². The summed E-state index contributed by atoms with van der Waals surface area (Å²) in [5, 5.41) is 3.09. The van der Waals surface area contributed by atoms with Crippen molar-refractivity contribution in [2.24, 2.45) is 0 Å². The average Bonchev–Trinajstić information content (AvgIpc) is 2.63. The minimum absolute atomic E-state index is 0.105. The van der Waals surface area contributed by atoms with Crippen LogP contribution in [0.4, 0.5) is 5.69 Å². The number of methoxy groups -OCH3 is 2. The Kier molecular flexibility index (Phi) is 6.80. The second kappa shape index (κ2) is 9.05. The van der Waals surface area contributed by atoms with E-state index in [9.17, 15) is 9.59 Å². The Hall–Kier alpha value is -2.80. The van der Waals surface area contributed by atoms with E-state index in [0.29, 0.717) is 28.8 Å². The summed E-state index contributed by atoms with van der Waals surface area (Å²) < 4.78 is 10.4. The maximum Gasteiger partial charge on any atom is 0.244 e. The molecule has 2 rings (SSSR count). The Bertz CT molecular complexity index is 784. The summed E-state index contributed by atoms with van der Waals surface area (Å²) in [7, 11) is 2.95. The van der Waals surface area contributed by atoms with Crippen molar-refractivity contribution >= 4 is 29.1 Å². The standard InChI is InChI=1S/C18H20ClN3O4/c1-12(23)22(10-13-4-6-20-7-5-13)11-18(24)21-15-9-16(25-2)14(19)8-17(15)26-3/h4-9H,10-11H2,1-3H3,(H,21,24). The Morgan fingerprint density at radius 2 is 1.81 bits per heavy atom. The third kappa shape index (κ3) is 5.10. The molecular formula is C18H20ClN3O4. The highest BCUT2D eigenvalue weighted by Gasteiger charge is 2.17. The SMILES string of the molecule is COc1cc(NC(=O)CN(Cc2ccncc2)C(C)=O)c(OC)cc1Cl. The molecule has 8 heteroatoms. The van der Waals surface area contributed by atoms with Gasteiger partial charge in [0, 0.05) is 38.0 Å². The summed E-state index contributed by atoms with van der Waals surface area (Å²) in [6.07, 6.45) is 3.27. The van der Waals surface area contributed by atoms with Gasteiger partial charge in [-0.3, -0.25) is 14.6 Å². The smallest absolute Gasteiger partial charge is 0.244 e. The Morgan fingerprint density at radius 3 is 2.38 bits per heavy atom. The number of hydrogen-bond donors (Lipinski definition) is 1. The number of nitrogens with one attached hydrogen (secondary N) is 1. The molecule has 0 saturated heterocycles. The third-order valence-electron chi connectivity index (χ3n) is 3.65. The summed E-state index contributed by atoms with van der Waals surface area (Å²) >= 11 is 6.06. The molecular weight excluding hydrogens is 358 g/mol. The Balaban J connectivity index is 2.12. The molecule has 1 aromatic heterocycles. The summed E-state index contributed by atoms with van der Waals surface area (Å²) in [4.78, 5) is 29.7. The predicted octanol–water partition coefficient (Wildman–Crippen LogP) is 2.74. The molecule has 0 radical (unpaired) electrons. The number of carbonyl (C=O) groups is 2. The van der Waals surface area contributed by atoms with E-state index in [2.05, 4.69) is 10.3 Å². The molecule has 26 heavy (non-hydrogen) atoms. The van der Waals surface area contributed by atoms with Crippen LogP contribution in [-0.4, -0.2) is 42.5 Å². The van der Waals surface area contributed by atoms with Crippen LogP contribution in [0.2, 0.25) is 5.02 Å². The fraction of sp³-hybridized carbons (Fsp3) is 0.278. The number of rotatable bonds is 7. The molecule has 1 heterocycles. The minimum Gasteiger partial charge on any atom is -0.495 e. The van der Waals surface area contributed by atoms with E-state index in [1.165, 1.54) is 26.0 Å². The molecule has 0 aliphatic carbocycles. The number of hydrogen-bond acceptors (Lipinski definition) is 5. The highest BCUT2D eigenvalue weighted by Crippen LogP contribution is 2.35. The lowest BCUT2D eigenvalue weighted by Crippen LogP contribution is -2.36. The van der Waals surface area contributed by atoms with Crippen LogP contribution in [-0.2, 0) is 16.1 Å². The van der Waals surface area contributed by atoms with Gasteiger partial charge in [0.05, 0.1) is 24.9 Å². The molecule has 1 aromatic carbocycles. The number of nitrogens with zero attached hydrogens (tertiary/aromatic N) is 2. The van der Waals surface area contributed by atoms with Crippen LogP contribution < -0.4 is 14.8 Å². The first-order valence-electron chi connectivity index (χ1n) is 7.80. The van der Waals surface area contributed by atoms with E-state index in [1.807, 2.05) is 0 Å². The lowest BCUT2D eigenvalue weighted by Gasteiger charge is -2.21. The predicted molar refractivity (Wildman–Crippen MR) is 98.5 cm³/mol. The van der Waals surface area contributed by atoms with Gasteiger partial charge >= 0.3 is 0 Å². The summed E-state index contributed by atoms with van der Waals surface area (Å²) in [6.45, 7) is 1.62. The van der Waals surface area contributed by atoms with E-state index in [-0.39, 0.29) is 18.4 Å². The van der Waals surface area contributed by atoms with E-state index in [4.69, 9.17) is 21.1 Å². The van der Waals surface area contributed by atoms with Gasteiger partial charge in [0.15, 0.2) is 0 Å². The van der Waals surface area contributed by atoms with E-state index < -0.39 is 0 Å². The number of pyridine rings is 1. The van der Waals surface area contributed by atoms with Crippen molar-refractivity contribution in [1.29, 1.82) is 0 Å². The number of halogens is 1. The highest BCUT2D eigenvalue weighted by molar-refractivity contribution is 6.32. The van der Waals surface area contributed by atoms with Gasteiger partial charge in [0.25, 0.3) is 0 Å². The maximum absolute atomic E-state index is 12.4. The van der Waals surface area contributed by atoms with Crippen molar-refractivity contribution in [2.45, 2.75) is 13.5 Å². The van der Waals surface area contributed by atoms with Crippen molar-refractivity contribution in [2.75, 3.05) is 26.1 Å². The lowest BCUT2D eigenvalue weighted by atomic mass is 10.2. The van der Waals surface area contributed by atoms with Gasteiger partial charge < -0.3 is 19.7 Å². The maximum atomic E-state index is 12.4. The number of carbonyl (C=O) groups excluding carboxylic acids is 2. The topological polar surface area (TPSA) is 80.8 Å². The number of amides is 2. The van der Waals surface area contributed by atoms with Crippen molar-refractivity contribution in [3.63, 3.8) is 0 Å². The van der Waals surface area contributed by atoms with Crippen LogP contribution in [0.1, 0.15) is 12.5 Å². The second-order valence-electron chi connectivity index (χ2n) is 5.47. The first kappa shape index (κ1) is 19.5. The van der Waals surface area contributed by atoms with Gasteiger partial charge in [-0.25, -0.2) is 0 Å². The van der Waals surface area contributed by atoms with Gasteiger partial charge in [-0.05, 0) is 17.7 Å². The molecule has 0 bridgehead atoms. The fourth-order valence-electron chi connectivity index (χ4n) is 2.31. The summed E-state index contributed by atoms with van der Waals surface area (Å²) in [6, 6.07) is 6.71.